The van der Waals surface area contributed by atoms with Crippen LogP contribution in [0.5, 0.6) is 5.75 Å². The molecule has 1 aromatic carbocycles. The number of rotatable bonds is 9. The third kappa shape index (κ3) is 6.30. The molecule has 0 atom stereocenters. The summed E-state index contributed by atoms with van der Waals surface area (Å²) in [6, 6.07) is 7.16. The fraction of sp³-hybridized carbons (Fsp3) is 0.667. The topological polar surface area (TPSA) is 58.6 Å². The van der Waals surface area contributed by atoms with Crippen LogP contribution in [0, 0.1) is 0 Å². The molecule has 5 nitrogen and oxygen atoms in total. The van der Waals surface area contributed by atoms with E-state index in [1.165, 1.54) is 64.5 Å². The zero-order valence-corrected chi connectivity index (χ0v) is 17.9. The average Bonchev–Trinajstić information content (AvgIpc) is 2.77. The van der Waals surface area contributed by atoms with E-state index in [0.717, 1.165) is 12.3 Å². The number of carbonyl (C=O) groups is 2. The predicted molar refractivity (Wildman–Crippen MR) is 115 cm³/mol. The minimum atomic E-state index is 0.0495. The molecule has 2 aliphatic rings. The highest BCUT2D eigenvalue weighted by atomic mass is 16.5. The number of piperidine rings is 1. The summed E-state index contributed by atoms with van der Waals surface area (Å²) in [5.41, 5.74) is 0.866. The SMILES string of the molecule is CC(=O)c1ccc(OCCCC(=O)NCC2(N3CCCCC3)CCCCC2)cc1. The first-order chi connectivity index (χ1) is 14.1. The molecule has 0 unspecified atom stereocenters. The van der Waals surface area contributed by atoms with Crippen molar-refractivity contribution in [3.63, 3.8) is 0 Å². The Kier molecular flexibility index (Phi) is 8.10. The molecule has 0 spiro atoms. The molecule has 3 rings (SSSR count). The molecule has 0 radical (unpaired) electrons. The molecule has 1 amide bonds. The van der Waals surface area contributed by atoms with Crippen molar-refractivity contribution in [3.8, 4) is 5.75 Å². The van der Waals surface area contributed by atoms with Gasteiger partial charge in [0, 0.05) is 24.1 Å². The second-order valence-electron chi connectivity index (χ2n) is 8.64. The first-order valence-electron chi connectivity index (χ1n) is 11.3. The van der Waals surface area contributed by atoms with E-state index in [1.807, 2.05) is 12.1 Å². The fourth-order valence-corrected chi connectivity index (χ4v) is 4.74. The molecule has 0 aromatic heterocycles. The van der Waals surface area contributed by atoms with Crippen molar-refractivity contribution >= 4 is 11.7 Å². The van der Waals surface area contributed by atoms with Gasteiger partial charge in [-0.1, -0.05) is 25.7 Å². The Morgan fingerprint density at radius 2 is 1.66 bits per heavy atom. The van der Waals surface area contributed by atoms with E-state index in [4.69, 9.17) is 4.74 Å². The summed E-state index contributed by atoms with van der Waals surface area (Å²) in [6.45, 7) is 5.22. The van der Waals surface area contributed by atoms with E-state index in [1.54, 1.807) is 19.1 Å². The van der Waals surface area contributed by atoms with Gasteiger partial charge >= 0.3 is 0 Å². The number of nitrogens with zero attached hydrogens (tertiary/aromatic N) is 1. The standard InChI is InChI=1S/C24H36N2O3/c1-20(27)21-10-12-22(13-11-21)29-18-8-9-23(28)25-19-24(14-4-2-5-15-24)26-16-6-3-7-17-26/h10-13H,2-9,14-19H2,1H3,(H,25,28). The predicted octanol–water partition coefficient (Wildman–Crippen LogP) is 4.35. The molecule has 1 saturated carbocycles. The lowest BCUT2D eigenvalue weighted by Crippen LogP contribution is -2.58. The lowest BCUT2D eigenvalue weighted by atomic mass is 9.79. The average molecular weight is 401 g/mol. The number of likely N-dealkylation sites (tertiary alicyclic amines) is 1. The van der Waals surface area contributed by atoms with Crippen LogP contribution >= 0.6 is 0 Å². The zero-order valence-electron chi connectivity index (χ0n) is 17.9. The van der Waals surface area contributed by atoms with Gasteiger partial charge in [-0.2, -0.15) is 0 Å². The number of amides is 1. The molecule has 2 fully saturated rings. The van der Waals surface area contributed by atoms with Crippen molar-refractivity contribution in [3.05, 3.63) is 29.8 Å². The summed E-state index contributed by atoms with van der Waals surface area (Å²) in [6.07, 6.45) is 11.4. The smallest absolute Gasteiger partial charge is 0.220 e. The Balaban J connectivity index is 1.39. The Morgan fingerprint density at radius 1 is 1.00 bits per heavy atom. The van der Waals surface area contributed by atoms with Gasteiger partial charge in [-0.15, -0.1) is 0 Å². The molecule has 1 aliphatic carbocycles. The lowest BCUT2D eigenvalue weighted by Gasteiger charge is -2.48. The third-order valence-electron chi connectivity index (χ3n) is 6.50. The van der Waals surface area contributed by atoms with Gasteiger partial charge < -0.3 is 10.1 Å². The van der Waals surface area contributed by atoms with E-state index < -0.39 is 0 Å². The van der Waals surface area contributed by atoms with Crippen LogP contribution in [-0.2, 0) is 4.79 Å². The Bertz CT molecular complexity index is 659. The third-order valence-corrected chi connectivity index (χ3v) is 6.50. The van der Waals surface area contributed by atoms with Crippen LogP contribution in [0.15, 0.2) is 24.3 Å². The monoisotopic (exact) mass is 400 g/mol. The van der Waals surface area contributed by atoms with Gasteiger partial charge in [0.25, 0.3) is 0 Å². The van der Waals surface area contributed by atoms with Crippen molar-refractivity contribution in [1.82, 2.24) is 10.2 Å². The maximum atomic E-state index is 12.4. The van der Waals surface area contributed by atoms with Crippen LogP contribution in [0.2, 0.25) is 0 Å². The molecule has 1 N–H and O–H groups in total. The minimum absolute atomic E-state index is 0.0495. The molecular formula is C24H36N2O3. The van der Waals surface area contributed by atoms with E-state index in [9.17, 15) is 9.59 Å². The normalized spacial score (nSPS) is 19.5. The number of benzene rings is 1. The van der Waals surface area contributed by atoms with Gasteiger partial charge in [0.1, 0.15) is 5.75 Å². The molecule has 1 saturated heterocycles. The Morgan fingerprint density at radius 3 is 2.31 bits per heavy atom. The number of hydrogen-bond donors (Lipinski definition) is 1. The van der Waals surface area contributed by atoms with E-state index in [-0.39, 0.29) is 17.2 Å². The number of hydrogen-bond acceptors (Lipinski definition) is 4. The van der Waals surface area contributed by atoms with Gasteiger partial charge in [-0.3, -0.25) is 14.5 Å². The molecule has 160 valence electrons. The quantitative estimate of drug-likeness (QED) is 0.494. The van der Waals surface area contributed by atoms with Gasteiger partial charge in [0.2, 0.25) is 5.91 Å². The summed E-state index contributed by atoms with van der Waals surface area (Å²) >= 11 is 0. The van der Waals surface area contributed by atoms with Crippen LogP contribution in [0.1, 0.15) is 81.5 Å². The highest BCUT2D eigenvalue weighted by Crippen LogP contribution is 2.35. The number of ketones is 1. The van der Waals surface area contributed by atoms with Crippen molar-refractivity contribution in [2.45, 2.75) is 76.7 Å². The summed E-state index contributed by atoms with van der Waals surface area (Å²) in [4.78, 5) is 26.4. The fourth-order valence-electron chi connectivity index (χ4n) is 4.74. The van der Waals surface area contributed by atoms with E-state index >= 15 is 0 Å². The van der Waals surface area contributed by atoms with Crippen LogP contribution < -0.4 is 10.1 Å². The van der Waals surface area contributed by atoms with Crippen molar-refractivity contribution in [2.24, 2.45) is 0 Å². The van der Waals surface area contributed by atoms with Gasteiger partial charge in [-0.25, -0.2) is 0 Å². The number of nitrogens with one attached hydrogen (secondary N) is 1. The van der Waals surface area contributed by atoms with Gasteiger partial charge in [-0.05, 0) is 76.4 Å². The second-order valence-corrected chi connectivity index (χ2v) is 8.64. The maximum Gasteiger partial charge on any atom is 0.220 e. The molecular weight excluding hydrogens is 364 g/mol. The van der Waals surface area contributed by atoms with E-state index in [2.05, 4.69) is 10.2 Å². The van der Waals surface area contributed by atoms with Crippen molar-refractivity contribution < 1.29 is 14.3 Å². The Labute approximate surface area is 175 Å². The first-order valence-corrected chi connectivity index (χ1v) is 11.3. The number of Topliss-reactive ketones (excluding diaryl/α,β-unsaturated/α-hetero) is 1. The highest BCUT2D eigenvalue weighted by molar-refractivity contribution is 5.94. The highest BCUT2D eigenvalue weighted by Gasteiger charge is 2.38. The Hall–Kier alpha value is -1.88. The van der Waals surface area contributed by atoms with Gasteiger partial charge in [0.05, 0.1) is 6.61 Å². The van der Waals surface area contributed by atoms with Crippen LogP contribution in [0.3, 0.4) is 0 Å². The van der Waals surface area contributed by atoms with Crippen molar-refractivity contribution in [1.29, 1.82) is 0 Å². The summed E-state index contributed by atoms with van der Waals surface area (Å²) in [5.74, 6) is 0.915. The zero-order chi connectivity index (χ0) is 20.5. The largest absolute Gasteiger partial charge is 0.494 e. The molecule has 0 bridgehead atoms. The van der Waals surface area contributed by atoms with Crippen LogP contribution in [0.4, 0.5) is 0 Å². The lowest BCUT2D eigenvalue weighted by molar-refractivity contribution is -0.122. The number of ether oxygens (including phenoxy) is 1. The molecule has 1 aliphatic heterocycles. The van der Waals surface area contributed by atoms with Crippen LogP contribution in [-0.4, -0.2) is 48.4 Å². The number of carbonyl (C=O) groups excluding carboxylic acids is 2. The summed E-state index contributed by atoms with van der Waals surface area (Å²) in [5, 5.41) is 3.24. The molecule has 5 heteroatoms. The summed E-state index contributed by atoms with van der Waals surface area (Å²) < 4.78 is 5.70. The summed E-state index contributed by atoms with van der Waals surface area (Å²) in [7, 11) is 0. The first kappa shape index (κ1) is 21.8. The maximum absolute atomic E-state index is 12.4. The van der Waals surface area contributed by atoms with Crippen LogP contribution in [0.25, 0.3) is 0 Å². The molecule has 1 heterocycles. The molecule has 1 aromatic rings. The minimum Gasteiger partial charge on any atom is -0.494 e. The van der Waals surface area contributed by atoms with Gasteiger partial charge in [0.15, 0.2) is 5.78 Å². The van der Waals surface area contributed by atoms with Crippen molar-refractivity contribution in [2.75, 3.05) is 26.2 Å². The second kappa shape index (κ2) is 10.8. The van der Waals surface area contributed by atoms with E-state index in [0.29, 0.717) is 25.0 Å². The molecule has 29 heavy (non-hydrogen) atoms.